The number of nitrogens with zero attached hydrogens (tertiary/aromatic N) is 1. The largest absolute Gasteiger partial charge is 0.301 e. The predicted molar refractivity (Wildman–Crippen MR) is 106 cm³/mol. The van der Waals surface area contributed by atoms with Crippen molar-refractivity contribution in [3.63, 3.8) is 0 Å². The highest BCUT2D eigenvalue weighted by Gasteiger charge is 2.38. The van der Waals surface area contributed by atoms with Crippen molar-refractivity contribution in [1.82, 2.24) is 4.98 Å². The van der Waals surface area contributed by atoms with E-state index in [0.29, 0.717) is 23.5 Å². The van der Waals surface area contributed by atoms with Gasteiger partial charge < -0.3 is 5.32 Å². The minimum absolute atomic E-state index is 0.0526. The first kappa shape index (κ1) is 21.1. The van der Waals surface area contributed by atoms with Gasteiger partial charge in [-0.15, -0.1) is 11.3 Å². The van der Waals surface area contributed by atoms with Crippen molar-refractivity contribution < 1.29 is 22.0 Å². The van der Waals surface area contributed by atoms with Gasteiger partial charge in [0.15, 0.2) is 15.0 Å². The monoisotopic (exact) mass is 430 g/mol. The van der Waals surface area contributed by atoms with Gasteiger partial charge in [-0.3, -0.25) is 4.79 Å². The molecule has 0 radical (unpaired) electrons. The van der Waals surface area contributed by atoms with E-state index in [2.05, 4.69) is 10.3 Å². The summed E-state index contributed by atoms with van der Waals surface area (Å²) < 4.78 is 51.4. The van der Waals surface area contributed by atoms with Crippen LogP contribution in [0.1, 0.15) is 32.6 Å². The van der Waals surface area contributed by atoms with Crippen LogP contribution in [0.25, 0.3) is 0 Å². The molecule has 0 spiro atoms. The minimum atomic E-state index is -3.21. The number of amides is 1. The summed E-state index contributed by atoms with van der Waals surface area (Å²) in [6.45, 7) is 1.60. The molecule has 2 aliphatic carbocycles. The van der Waals surface area contributed by atoms with Crippen LogP contribution >= 0.6 is 11.3 Å². The molecular formula is C19H24F2N2O3S2. The summed E-state index contributed by atoms with van der Waals surface area (Å²) in [6, 6.07) is 0. The molecule has 1 fully saturated rings. The Morgan fingerprint density at radius 2 is 2.07 bits per heavy atom. The van der Waals surface area contributed by atoms with Gasteiger partial charge in [0.1, 0.15) is 12.3 Å². The van der Waals surface area contributed by atoms with E-state index in [1.807, 2.05) is 0 Å². The molecule has 1 amide bonds. The van der Waals surface area contributed by atoms with Crippen LogP contribution in [0, 0.1) is 11.8 Å². The number of nitrogens with one attached hydrogen (secondary N) is 1. The van der Waals surface area contributed by atoms with Gasteiger partial charge in [-0.2, -0.15) is 0 Å². The van der Waals surface area contributed by atoms with Gasteiger partial charge in [0.2, 0.25) is 5.91 Å². The fourth-order valence-corrected chi connectivity index (χ4v) is 5.45. The number of thiazole rings is 1. The molecule has 0 aliphatic heterocycles. The summed E-state index contributed by atoms with van der Waals surface area (Å²) >= 11 is 1.29. The number of carbonyl (C=O) groups is 1. The van der Waals surface area contributed by atoms with Crippen LogP contribution in [0.5, 0.6) is 0 Å². The summed E-state index contributed by atoms with van der Waals surface area (Å²) in [5, 5.41) is 4.36. The molecule has 1 heterocycles. The lowest BCUT2D eigenvalue weighted by molar-refractivity contribution is -0.119. The fourth-order valence-electron chi connectivity index (χ4n) is 3.78. The number of alkyl halides is 2. The van der Waals surface area contributed by atoms with Crippen molar-refractivity contribution >= 4 is 32.2 Å². The summed E-state index contributed by atoms with van der Waals surface area (Å²) in [5.41, 5.74) is 0.689. The zero-order valence-corrected chi connectivity index (χ0v) is 17.2. The molecule has 1 aromatic heterocycles. The standard InChI is InChI=1S/C19H24F2N2O3S2/c1-2-28(25,26)14-5-3-13(4-6-14)15(9-12-10-16(20)17(21)11-12)18(24)23-19-22-7-8-27-19/h3-5,7-8,12,14-17H,2,6,9-11H2,1H3,(H,22,23,24)/t12?,14?,15?,16-,17+. The number of anilines is 1. The maximum absolute atomic E-state index is 13.6. The van der Waals surface area contributed by atoms with E-state index in [-0.39, 0.29) is 30.4 Å². The number of allylic oxidation sites excluding steroid dienone is 2. The van der Waals surface area contributed by atoms with Crippen molar-refractivity contribution in [3.8, 4) is 0 Å². The first-order valence-corrected chi connectivity index (χ1v) is 12.0. The molecule has 3 unspecified atom stereocenters. The van der Waals surface area contributed by atoms with E-state index in [1.165, 1.54) is 11.3 Å². The molecule has 5 atom stereocenters. The van der Waals surface area contributed by atoms with Crippen LogP contribution in [-0.4, -0.2) is 42.7 Å². The second-order valence-electron chi connectivity index (χ2n) is 7.27. The Labute approximate surface area is 167 Å². The van der Waals surface area contributed by atoms with Gasteiger partial charge in [0.25, 0.3) is 0 Å². The maximum Gasteiger partial charge on any atom is 0.233 e. The summed E-state index contributed by atoms with van der Waals surface area (Å²) in [5.74, 6) is -1.08. The third-order valence-corrected chi connectivity index (χ3v) is 8.18. The van der Waals surface area contributed by atoms with E-state index >= 15 is 0 Å². The van der Waals surface area contributed by atoms with Gasteiger partial charge in [-0.05, 0) is 37.2 Å². The third-order valence-electron chi connectivity index (χ3n) is 5.41. The summed E-state index contributed by atoms with van der Waals surface area (Å²) in [6.07, 6.45) is 4.48. The molecular weight excluding hydrogens is 406 g/mol. The van der Waals surface area contributed by atoms with E-state index in [4.69, 9.17) is 0 Å². The quantitative estimate of drug-likeness (QED) is 0.713. The molecule has 1 N–H and O–H groups in total. The SMILES string of the molecule is CCS(=O)(=O)C1C=CC(C(CC2C[C@@H](F)[C@@H](F)C2)C(=O)Nc2nccs2)=CC1. The molecule has 0 aromatic carbocycles. The van der Waals surface area contributed by atoms with Gasteiger partial charge >= 0.3 is 0 Å². The molecule has 1 aromatic rings. The fraction of sp³-hybridized carbons (Fsp3) is 0.579. The van der Waals surface area contributed by atoms with Crippen molar-refractivity contribution in [2.24, 2.45) is 11.8 Å². The minimum Gasteiger partial charge on any atom is -0.301 e. The van der Waals surface area contributed by atoms with Crippen LogP contribution in [0.15, 0.2) is 35.4 Å². The molecule has 0 bridgehead atoms. The Hall–Kier alpha value is -1.61. The van der Waals surface area contributed by atoms with Crippen LogP contribution < -0.4 is 5.32 Å². The highest BCUT2D eigenvalue weighted by molar-refractivity contribution is 7.92. The van der Waals surface area contributed by atoms with Crippen molar-refractivity contribution in [3.05, 3.63) is 35.4 Å². The second kappa shape index (κ2) is 8.82. The molecule has 154 valence electrons. The molecule has 28 heavy (non-hydrogen) atoms. The molecule has 0 saturated heterocycles. The van der Waals surface area contributed by atoms with Crippen LogP contribution in [-0.2, 0) is 14.6 Å². The van der Waals surface area contributed by atoms with Gasteiger partial charge in [0, 0.05) is 17.3 Å². The molecule has 2 aliphatic rings. The lowest BCUT2D eigenvalue weighted by Gasteiger charge is -2.24. The highest BCUT2D eigenvalue weighted by atomic mass is 32.2. The Bertz CT molecular complexity index is 843. The number of rotatable bonds is 7. The van der Waals surface area contributed by atoms with E-state index in [9.17, 15) is 22.0 Å². The maximum atomic E-state index is 13.6. The zero-order chi connectivity index (χ0) is 20.3. The first-order valence-electron chi connectivity index (χ1n) is 9.38. The number of sulfone groups is 1. The van der Waals surface area contributed by atoms with Crippen molar-refractivity contribution in [2.75, 3.05) is 11.1 Å². The number of aromatic nitrogens is 1. The Balaban J connectivity index is 1.76. The third kappa shape index (κ3) is 4.86. The van der Waals surface area contributed by atoms with Gasteiger partial charge in [0.05, 0.1) is 11.2 Å². The topological polar surface area (TPSA) is 76.1 Å². The predicted octanol–water partition coefficient (Wildman–Crippen LogP) is 3.86. The number of hydrogen-bond donors (Lipinski definition) is 1. The number of halogens is 2. The lowest BCUT2D eigenvalue weighted by atomic mass is 9.84. The van der Waals surface area contributed by atoms with E-state index in [1.54, 1.807) is 36.7 Å². The van der Waals surface area contributed by atoms with Crippen molar-refractivity contribution in [1.29, 1.82) is 0 Å². The summed E-state index contributed by atoms with van der Waals surface area (Å²) in [7, 11) is -3.21. The number of carbonyl (C=O) groups excluding carboxylic acids is 1. The average molecular weight is 431 g/mol. The van der Waals surface area contributed by atoms with Crippen LogP contribution in [0.3, 0.4) is 0 Å². The highest BCUT2D eigenvalue weighted by Crippen LogP contribution is 2.38. The molecule has 5 nitrogen and oxygen atoms in total. The van der Waals surface area contributed by atoms with E-state index in [0.717, 1.165) is 0 Å². The molecule has 9 heteroatoms. The van der Waals surface area contributed by atoms with Gasteiger partial charge in [-0.1, -0.05) is 25.2 Å². The molecule has 3 rings (SSSR count). The van der Waals surface area contributed by atoms with Crippen LogP contribution in [0.4, 0.5) is 13.9 Å². The number of hydrogen-bond acceptors (Lipinski definition) is 5. The Morgan fingerprint density at radius 3 is 2.61 bits per heavy atom. The van der Waals surface area contributed by atoms with Crippen LogP contribution in [0.2, 0.25) is 0 Å². The van der Waals surface area contributed by atoms with E-state index < -0.39 is 33.3 Å². The first-order chi connectivity index (χ1) is 13.3. The Morgan fingerprint density at radius 1 is 1.36 bits per heavy atom. The lowest BCUT2D eigenvalue weighted by Crippen LogP contribution is -2.28. The zero-order valence-electron chi connectivity index (χ0n) is 15.6. The average Bonchev–Trinajstić information content (AvgIpc) is 3.29. The summed E-state index contributed by atoms with van der Waals surface area (Å²) in [4.78, 5) is 16.9. The Kier molecular flexibility index (Phi) is 6.65. The smallest absolute Gasteiger partial charge is 0.233 e. The second-order valence-corrected chi connectivity index (χ2v) is 10.7. The molecule has 1 saturated carbocycles. The van der Waals surface area contributed by atoms with Crippen molar-refractivity contribution in [2.45, 2.75) is 50.2 Å². The normalized spacial score (nSPS) is 28.8. The van der Waals surface area contributed by atoms with Gasteiger partial charge in [-0.25, -0.2) is 22.2 Å².